The summed E-state index contributed by atoms with van der Waals surface area (Å²) in [6, 6.07) is 17.8. The highest BCUT2D eigenvalue weighted by atomic mass is 16.5. The van der Waals surface area contributed by atoms with E-state index in [1.54, 1.807) is 0 Å². The van der Waals surface area contributed by atoms with Gasteiger partial charge in [0.05, 0.1) is 12.1 Å². The fraction of sp³-hybridized carbons (Fsp3) is 0.391. The molecular weight excluding hydrogens is 378 g/mol. The molecule has 2 bridgehead atoms. The van der Waals surface area contributed by atoms with Gasteiger partial charge in [-0.05, 0) is 37.5 Å². The average molecular weight is 403 g/mol. The van der Waals surface area contributed by atoms with Crippen molar-refractivity contribution in [2.75, 3.05) is 13.1 Å². The van der Waals surface area contributed by atoms with Crippen LogP contribution in [0.5, 0.6) is 11.5 Å². The fourth-order valence-corrected chi connectivity index (χ4v) is 4.87. The topological polar surface area (TPSA) is 80.6 Å². The lowest BCUT2D eigenvalue weighted by molar-refractivity contribution is -0.136. The van der Waals surface area contributed by atoms with Gasteiger partial charge in [-0.2, -0.15) is 5.26 Å². The summed E-state index contributed by atoms with van der Waals surface area (Å²) in [5.41, 5.74) is 7.52. The summed E-state index contributed by atoms with van der Waals surface area (Å²) in [7, 11) is 0. The van der Waals surface area contributed by atoms with E-state index in [0.29, 0.717) is 19.0 Å². The van der Waals surface area contributed by atoms with E-state index in [9.17, 15) is 10.1 Å². The molecule has 154 valence electrons. The third-order valence-corrected chi connectivity index (χ3v) is 6.41. The van der Waals surface area contributed by atoms with Gasteiger partial charge in [-0.3, -0.25) is 4.79 Å². The molecule has 30 heavy (non-hydrogen) atoms. The largest absolute Gasteiger partial charge is 0.457 e. The van der Waals surface area contributed by atoms with E-state index < -0.39 is 0 Å². The number of ether oxygens (including phenoxy) is 1. The molecule has 7 heteroatoms. The number of nitriles is 1. The molecule has 0 aromatic heterocycles. The number of piperidine rings is 1. The molecule has 0 spiro atoms. The van der Waals surface area contributed by atoms with Crippen molar-refractivity contribution in [1.82, 2.24) is 20.7 Å². The van der Waals surface area contributed by atoms with Gasteiger partial charge < -0.3 is 14.5 Å². The average Bonchev–Trinajstić information content (AvgIpc) is 3.39. The molecule has 3 saturated heterocycles. The highest BCUT2D eigenvalue weighted by Gasteiger charge is 2.44. The van der Waals surface area contributed by atoms with Crippen LogP contribution in [0.25, 0.3) is 0 Å². The highest BCUT2D eigenvalue weighted by Crippen LogP contribution is 2.35. The summed E-state index contributed by atoms with van der Waals surface area (Å²) < 4.78 is 6.10. The maximum Gasteiger partial charge on any atom is 0.241 e. The van der Waals surface area contributed by atoms with Gasteiger partial charge in [0, 0.05) is 24.7 Å². The van der Waals surface area contributed by atoms with Crippen molar-refractivity contribution in [1.29, 1.82) is 5.26 Å². The first-order valence-electron chi connectivity index (χ1n) is 10.5. The van der Waals surface area contributed by atoms with Gasteiger partial charge in [-0.25, -0.2) is 10.9 Å². The number of rotatable bonds is 4. The second kappa shape index (κ2) is 7.98. The SMILES string of the molecule is N#CN1C[C@@H]2C[C@H]1CCN2C(=O)C1CC(c2ccccc2Oc2ccccc2)NN1. The van der Waals surface area contributed by atoms with Crippen molar-refractivity contribution in [3.05, 3.63) is 60.2 Å². The van der Waals surface area contributed by atoms with Crippen molar-refractivity contribution in [2.24, 2.45) is 0 Å². The monoisotopic (exact) mass is 403 g/mol. The standard InChI is InChI=1S/C23H25N5O2/c24-15-27-14-17-12-16(27)10-11-28(17)23(29)21-13-20(25-26-21)19-8-4-5-9-22(19)30-18-6-2-1-3-7-18/h1-9,16-17,20-21,25-26H,10-14H2/t16-,17+,20?,21?/m1/s1. The molecular formula is C23H25N5O2. The van der Waals surface area contributed by atoms with Gasteiger partial charge in [-0.1, -0.05) is 36.4 Å². The molecule has 0 aliphatic carbocycles. The number of carbonyl (C=O) groups excluding carboxylic acids is 1. The molecule has 3 heterocycles. The molecule has 4 atom stereocenters. The predicted molar refractivity (Wildman–Crippen MR) is 111 cm³/mol. The summed E-state index contributed by atoms with van der Waals surface area (Å²) in [6.07, 6.45) is 4.70. The maximum atomic E-state index is 13.2. The molecule has 2 N–H and O–H groups in total. The van der Waals surface area contributed by atoms with E-state index in [1.165, 1.54) is 0 Å². The van der Waals surface area contributed by atoms with Crippen LogP contribution in [0.4, 0.5) is 0 Å². The number of nitrogens with one attached hydrogen (secondary N) is 2. The van der Waals surface area contributed by atoms with Crippen LogP contribution in [0.1, 0.15) is 30.9 Å². The van der Waals surface area contributed by atoms with E-state index in [0.717, 1.165) is 36.4 Å². The predicted octanol–water partition coefficient (Wildman–Crippen LogP) is 2.54. The second-order valence-electron chi connectivity index (χ2n) is 8.20. The zero-order chi connectivity index (χ0) is 20.5. The second-order valence-corrected chi connectivity index (χ2v) is 8.20. The Morgan fingerprint density at radius 1 is 1.03 bits per heavy atom. The van der Waals surface area contributed by atoms with Crippen molar-refractivity contribution < 1.29 is 9.53 Å². The zero-order valence-electron chi connectivity index (χ0n) is 16.7. The van der Waals surface area contributed by atoms with E-state index in [2.05, 4.69) is 17.0 Å². The van der Waals surface area contributed by atoms with Gasteiger partial charge in [0.1, 0.15) is 17.5 Å². The lowest BCUT2D eigenvalue weighted by atomic mass is 9.98. The Hall–Kier alpha value is -3.08. The number of hydrogen-bond acceptors (Lipinski definition) is 6. The van der Waals surface area contributed by atoms with Crippen LogP contribution in [0.3, 0.4) is 0 Å². The Morgan fingerprint density at radius 3 is 2.67 bits per heavy atom. The first-order chi connectivity index (χ1) is 14.7. The Bertz CT molecular complexity index is 960. The molecule has 2 aromatic carbocycles. The van der Waals surface area contributed by atoms with E-state index in [4.69, 9.17) is 4.74 Å². The minimum Gasteiger partial charge on any atom is -0.457 e. The molecule has 2 unspecified atom stereocenters. The molecule has 5 rings (SSSR count). The third kappa shape index (κ3) is 3.49. The normalized spacial score (nSPS) is 27.7. The van der Waals surface area contributed by atoms with Gasteiger partial charge in [0.2, 0.25) is 5.91 Å². The molecule has 0 radical (unpaired) electrons. The van der Waals surface area contributed by atoms with Crippen molar-refractivity contribution in [3.8, 4) is 17.7 Å². The third-order valence-electron chi connectivity index (χ3n) is 6.41. The van der Waals surface area contributed by atoms with Gasteiger partial charge >= 0.3 is 0 Å². The molecule has 0 saturated carbocycles. The smallest absolute Gasteiger partial charge is 0.241 e. The van der Waals surface area contributed by atoms with E-state index >= 15 is 0 Å². The van der Waals surface area contributed by atoms with Crippen LogP contribution >= 0.6 is 0 Å². The van der Waals surface area contributed by atoms with Crippen LogP contribution in [0.2, 0.25) is 0 Å². The number of fused-ring (bicyclic) bond motifs is 2. The molecule has 1 amide bonds. The number of hydrazine groups is 1. The number of hydrogen-bond donors (Lipinski definition) is 2. The first-order valence-corrected chi connectivity index (χ1v) is 10.5. The van der Waals surface area contributed by atoms with Crippen molar-refractivity contribution >= 4 is 5.91 Å². The molecule has 7 nitrogen and oxygen atoms in total. The molecule has 3 fully saturated rings. The maximum absolute atomic E-state index is 13.2. The minimum atomic E-state index is -0.285. The molecule has 2 aromatic rings. The number of carbonyl (C=O) groups is 1. The van der Waals surface area contributed by atoms with E-state index in [1.807, 2.05) is 64.4 Å². The Balaban J connectivity index is 1.28. The zero-order valence-corrected chi connectivity index (χ0v) is 16.7. The number of para-hydroxylation sites is 2. The summed E-state index contributed by atoms with van der Waals surface area (Å²) in [5.74, 6) is 1.70. The van der Waals surface area contributed by atoms with Crippen molar-refractivity contribution in [3.63, 3.8) is 0 Å². The first kappa shape index (κ1) is 18.9. The molecule has 3 aliphatic rings. The van der Waals surface area contributed by atoms with Gasteiger partial charge in [0.15, 0.2) is 6.19 Å². The summed E-state index contributed by atoms with van der Waals surface area (Å²) in [6.45, 7) is 1.38. The summed E-state index contributed by atoms with van der Waals surface area (Å²) >= 11 is 0. The number of likely N-dealkylation sites (tertiary alicyclic amines) is 2. The van der Waals surface area contributed by atoms with Crippen LogP contribution in [0, 0.1) is 11.5 Å². The molecule has 3 aliphatic heterocycles. The number of amides is 1. The quantitative estimate of drug-likeness (QED) is 0.764. The fourth-order valence-electron chi connectivity index (χ4n) is 4.87. The van der Waals surface area contributed by atoms with Crippen LogP contribution in [-0.4, -0.2) is 46.9 Å². The van der Waals surface area contributed by atoms with E-state index in [-0.39, 0.29) is 24.0 Å². The Labute approximate surface area is 176 Å². The van der Waals surface area contributed by atoms with Crippen LogP contribution < -0.4 is 15.6 Å². The minimum absolute atomic E-state index is 0.0180. The Kier molecular flexibility index (Phi) is 5.03. The Morgan fingerprint density at radius 2 is 1.83 bits per heavy atom. The van der Waals surface area contributed by atoms with Gasteiger partial charge in [0.25, 0.3) is 0 Å². The number of nitrogens with zero attached hydrogens (tertiary/aromatic N) is 3. The lowest BCUT2D eigenvalue weighted by Gasteiger charge is -2.33. The highest BCUT2D eigenvalue weighted by molar-refractivity contribution is 5.83. The van der Waals surface area contributed by atoms with Crippen LogP contribution in [0.15, 0.2) is 54.6 Å². The lowest BCUT2D eigenvalue weighted by Crippen LogP contribution is -2.52. The number of benzene rings is 2. The van der Waals surface area contributed by atoms with Crippen LogP contribution in [-0.2, 0) is 4.79 Å². The van der Waals surface area contributed by atoms with Crippen molar-refractivity contribution in [2.45, 2.75) is 43.4 Å². The summed E-state index contributed by atoms with van der Waals surface area (Å²) in [5, 5.41) is 9.28. The summed E-state index contributed by atoms with van der Waals surface area (Å²) in [4.78, 5) is 17.0. The van der Waals surface area contributed by atoms with Gasteiger partial charge in [-0.15, -0.1) is 0 Å².